The van der Waals surface area contributed by atoms with Crippen LogP contribution in [0.2, 0.25) is 0 Å². The van der Waals surface area contributed by atoms with Crippen molar-refractivity contribution in [3.63, 3.8) is 0 Å². The zero-order chi connectivity index (χ0) is 15.6. The van der Waals surface area contributed by atoms with Crippen LogP contribution in [-0.4, -0.2) is 31.6 Å². The lowest BCUT2D eigenvalue weighted by Gasteiger charge is -2.29. The topological polar surface area (TPSA) is 52.6 Å². The number of allylic oxidation sites excluding steroid dienone is 2. The summed E-state index contributed by atoms with van der Waals surface area (Å²) in [5, 5.41) is 0. The van der Waals surface area contributed by atoms with Crippen molar-refractivity contribution < 1.29 is 19.1 Å². The highest BCUT2D eigenvalue weighted by atomic mass is 16.6. The molecule has 0 N–H and O–H groups in total. The molecule has 0 bridgehead atoms. The number of carbonyl (C=O) groups is 2. The third-order valence-electron chi connectivity index (χ3n) is 3.55. The average molecular weight is 282 g/mol. The summed E-state index contributed by atoms with van der Waals surface area (Å²) in [5.41, 5.74) is -0.469. The van der Waals surface area contributed by atoms with E-state index in [4.69, 9.17) is 9.47 Å². The number of rotatable bonds is 11. The second-order valence-electron chi connectivity index (χ2n) is 4.97. The van der Waals surface area contributed by atoms with Crippen LogP contribution in [0.3, 0.4) is 0 Å². The number of methoxy groups -OCH3 is 1. The molecule has 0 rings (SSSR count). The van der Waals surface area contributed by atoms with E-state index in [0.29, 0.717) is 25.7 Å². The zero-order valence-electron chi connectivity index (χ0n) is 12.8. The Bertz CT molecular complexity index is 336. The minimum atomic E-state index is -0.561. The molecule has 0 aromatic carbocycles. The van der Waals surface area contributed by atoms with Crippen molar-refractivity contribution in [2.45, 2.75) is 45.6 Å². The standard InChI is InChI=1S/C16H26O4/c1-6-9-16(10-7-2,14(4)17)11-8-12-20-15(18)13(3)19-5/h6-7,13H,1-2,8-12H2,3-5H3/t13-/m1/s1. The monoisotopic (exact) mass is 282 g/mol. The van der Waals surface area contributed by atoms with E-state index >= 15 is 0 Å². The van der Waals surface area contributed by atoms with Gasteiger partial charge in [-0.25, -0.2) is 4.79 Å². The van der Waals surface area contributed by atoms with Crippen molar-refractivity contribution in [3.8, 4) is 0 Å². The number of ketones is 1. The third-order valence-corrected chi connectivity index (χ3v) is 3.55. The van der Waals surface area contributed by atoms with E-state index < -0.39 is 11.5 Å². The van der Waals surface area contributed by atoms with Crippen LogP contribution in [0.25, 0.3) is 0 Å². The molecule has 0 radical (unpaired) electrons. The van der Waals surface area contributed by atoms with E-state index in [-0.39, 0.29) is 18.4 Å². The summed E-state index contributed by atoms with van der Waals surface area (Å²) in [4.78, 5) is 23.3. The molecule has 0 aromatic heterocycles. The van der Waals surface area contributed by atoms with E-state index in [2.05, 4.69) is 13.2 Å². The summed E-state index contributed by atoms with van der Waals surface area (Å²) in [7, 11) is 1.46. The van der Waals surface area contributed by atoms with Crippen LogP contribution in [0.15, 0.2) is 25.3 Å². The number of Topliss-reactive ketones (excluding diaryl/α,β-unsaturated/α-hetero) is 1. The zero-order valence-corrected chi connectivity index (χ0v) is 12.8. The quantitative estimate of drug-likeness (QED) is 0.332. The fourth-order valence-electron chi connectivity index (χ4n) is 2.10. The van der Waals surface area contributed by atoms with Gasteiger partial charge >= 0.3 is 5.97 Å². The van der Waals surface area contributed by atoms with Gasteiger partial charge in [0.25, 0.3) is 0 Å². The largest absolute Gasteiger partial charge is 0.464 e. The molecule has 0 saturated heterocycles. The van der Waals surface area contributed by atoms with E-state index in [1.807, 2.05) is 0 Å². The van der Waals surface area contributed by atoms with Gasteiger partial charge in [0.2, 0.25) is 0 Å². The lowest BCUT2D eigenvalue weighted by atomic mass is 9.74. The third kappa shape index (κ3) is 5.70. The number of esters is 1. The highest BCUT2D eigenvalue weighted by molar-refractivity contribution is 5.82. The second kappa shape index (κ2) is 9.48. The van der Waals surface area contributed by atoms with Crippen LogP contribution < -0.4 is 0 Å². The second-order valence-corrected chi connectivity index (χ2v) is 4.97. The molecule has 0 unspecified atom stereocenters. The minimum Gasteiger partial charge on any atom is -0.464 e. The first-order valence-corrected chi connectivity index (χ1v) is 6.85. The maximum Gasteiger partial charge on any atom is 0.334 e. The summed E-state index contributed by atoms with van der Waals surface area (Å²) in [5.74, 6) is -0.262. The molecular weight excluding hydrogens is 256 g/mol. The average Bonchev–Trinajstić information content (AvgIpc) is 2.42. The van der Waals surface area contributed by atoms with Crippen LogP contribution in [0.1, 0.15) is 39.5 Å². The first kappa shape index (κ1) is 18.6. The molecule has 20 heavy (non-hydrogen) atoms. The summed E-state index contributed by atoms with van der Waals surface area (Å²) < 4.78 is 9.97. The van der Waals surface area contributed by atoms with E-state index in [1.165, 1.54) is 7.11 Å². The first-order chi connectivity index (χ1) is 9.43. The Hall–Kier alpha value is -1.42. The van der Waals surface area contributed by atoms with Crippen LogP contribution in [-0.2, 0) is 19.1 Å². The lowest BCUT2D eigenvalue weighted by molar-refractivity contribution is -0.154. The summed E-state index contributed by atoms with van der Waals surface area (Å²) in [6.45, 7) is 10.9. The highest BCUT2D eigenvalue weighted by Crippen LogP contribution is 2.34. The van der Waals surface area contributed by atoms with E-state index in [1.54, 1.807) is 26.0 Å². The molecular formula is C16H26O4. The Kier molecular flexibility index (Phi) is 8.81. The molecule has 0 aliphatic carbocycles. The van der Waals surface area contributed by atoms with Crippen LogP contribution >= 0.6 is 0 Å². The van der Waals surface area contributed by atoms with Gasteiger partial charge in [-0.1, -0.05) is 12.2 Å². The summed E-state index contributed by atoms with van der Waals surface area (Å²) in [6.07, 6.45) is 5.44. The van der Waals surface area contributed by atoms with Gasteiger partial charge in [-0.2, -0.15) is 0 Å². The highest BCUT2D eigenvalue weighted by Gasteiger charge is 2.32. The van der Waals surface area contributed by atoms with Crippen molar-refractivity contribution in [2.24, 2.45) is 5.41 Å². The van der Waals surface area contributed by atoms with E-state index in [9.17, 15) is 9.59 Å². The molecule has 0 fully saturated rings. The molecule has 4 heteroatoms. The number of hydrogen-bond acceptors (Lipinski definition) is 4. The number of ether oxygens (including phenoxy) is 2. The Balaban J connectivity index is 4.40. The molecule has 0 saturated carbocycles. The first-order valence-electron chi connectivity index (χ1n) is 6.85. The van der Waals surface area contributed by atoms with Crippen LogP contribution in [0.4, 0.5) is 0 Å². The molecule has 0 amide bonds. The van der Waals surface area contributed by atoms with Crippen LogP contribution in [0.5, 0.6) is 0 Å². The normalized spacial score (nSPS) is 12.6. The summed E-state index contributed by atoms with van der Waals surface area (Å²) >= 11 is 0. The Morgan fingerprint density at radius 1 is 1.25 bits per heavy atom. The van der Waals surface area contributed by atoms with Gasteiger partial charge in [0.15, 0.2) is 6.10 Å². The van der Waals surface area contributed by atoms with Crippen molar-refractivity contribution in [3.05, 3.63) is 25.3 Å². The van der Waals surface area contributed by atoms with Gasteiger partial charge in [-0.15, -0.1) is 13.2 Å². The van der Waals surface area contributed by atoms with E-state index in [0.717, 1.165) is 0 Å². The number of carbonyl (C=O) groups excluding carboxylic acids is 2. The fraction of sp³-hybridized carbons (Fsp3) is 0.625. The fourth-order valence-corrected chi connectivity index (χ4v) is 2.10. The molecule has 4 nitrogen and oxygen atoms in total. The SMILES string of the molecule is C=CCC(CC=C)(CCCOC(=O)[C@@H](C)OC)C(C)=O. The maximum absolute atomic E-state index is 11.9. The Labute approximate surface area is 121 Å². The van der Waals surface area contributed by atoms with Crippen molar-refractivity contribution >= 4 is 11.8 Å². The molecule has 0 spiro atoms. The molecule has 0 aliphatic heterocycles. The van der Waals surface area contributed by atoms with Crippen molar-refractivity contribution in [1.29, 1.82) is 0 Å². The molecule has 0 heterocycles. The van der Waals surface area contributed by atoms with Crippen molar-refractivity contribution in [2.75, 3.05) is 13.7 Å². The van der Waals surface area contributed by atoms with Gasteiger partial charge in [0.1, 0.15) is 5.78 Å². The van der Waals surface area contributed by atoms with Gasteiger partial charge in [0, 0.05) is 12.5 Å². The van der Waals surface area contributed by atoms with Crippen LogP contribution in [0, 0.1) is 5.41 Å². The number of hydrogen-bond donors (Lipinski definition) is 0. The minimum absolute atomic E-state index is 0.119. The Morgan fingerprint density at radius 3 is 2.20 bits per heavy atom. The maximum atomic E-state index is 11.9. The molecule has 1 atom stereocenters. The predicted molar refractivity (Wildman–Crippen MR) is 79.4 cm³/mol. The molecule has 0 aromatic rings. The van der Waals surface area contributed by atoms with Crippen molar-refractivity contribution in [1.82, 2.24) is 0 Å². The smallest absolute Gasteiger partial charge is 0.334 e. The summed E-state index contributed by atoms with van der Waals surface area (Å²) in [6, 6.07) is 0. The lowest BCUT2D eigenvalue weighted by Crippen LogP contribution is -2.29. The van der Waals surface area contributed by atoms with Gasteiger partial charge < -0.3 is 9.47 Å². The Morgan fingerprint density at radius 2 is 1.80 bits per heavy atom. The van der Waals surface area contributed by atoms with Gasteiger partial charge in [0.05, 0.1) is 6.61 Å². The molecule has 114 valence electrons. The molecule has 0 aliphatic rings. The van der Waals surface area contributed by atoms with Gasteiger partial charge in [-0.3, -0.25) is 4.79 Å². The predicted octanol–water partition coefficient (Wildman–Crippen LogP) is 3.07. The van der Waals surface area contributed by atoms with Gasteiger partial charge in [-0.05, 0) is 39.5 Å².